The molecule has 1 aromatic rings. The van der Waals surface area contributed by atoms with Gasteiger partial charge in [-0.25, -0.2) is 0 Å². The number of nitrogens with one attached hydrogen (secondary N) is 2. The molecule has 2 bridgehead atoms. The van der Waals surface area contributed by atoms with Crippen LogP contribution < -0.4 is 16.6 Å². The second-order valence-corrected chi connectivity index (χ2v) is 6.32. The number of nitrogen functional groups attached to an aromatic ring is 1. The Balaban J connectivity index is 1.59. The molecule has 3 unspecified atom stereocenters. The fourth-order valence-corrected chi connectivity index (χ4v) is 3.95. The number of fused-ring (bicyclic) bond motifs is 2. The van der Waals surface area contributed by atoms with Crippen molar-refractivity contribution in [1.29, 1.82) is 0 Å². The van der Waals surface area contributed by atoms with Gasteiger partial charge in [-0.2, -0.15) is 0 Å². The highest BCUT2D eigenvalue weighted by atomic mass is 16.1. The van der Waals surface area contributed by atoms with Crippen molar-refractivity contribution in [3.05, 3.63) is 29.3 Å². The molecule has 20 heavy (non-hydrogen) atoms. The van der Waals surface area contributed by atoms with Crippen LogP contribution in [-0.2, 0) is 0 Å². The summed E-state index contributed by atoms with van der Waals surface area (Å²) in [7, 11) is 0. The molecule has 108 valence electrons. The highest BCUT2D eigenvalue weighted by molar-refractivity contribution is 5.96. The summed E-state index contributed by atoms with van der Waals surface area (Å²) in [6, 6.07) is 5.56. The predicted octanol–water partition coefficient (Wildman–Crippen LogP) is 2.45. The molecular weight excluding hydrogens is 250 g/mol. The Morgan fingerprint density at radius 1 is 1.35 bits per heavy atom. The van der Waals surface area contributed by atoms with Crippen LogP contribution in [0.25, 0.3) is 0 Å². The van der Waals surface area contributed by atoms with Gasteiger partial charge in [0.15, 0.2) is 0 Å². The van der Waals surface area contributed by atoms with Crippen LogP contribution in [0.2, 0.25) is 0 Å². The zero-order valence-electron chi connectivity index (χ0n) is 12.0. The third-order valence-corrected chi connectivity index (χ3v) is 5.05. The Bertz CT molecular complexity index is 514. The van der Waals surface area contributed by atoms with E-state index in [9.17, 15) is 4.79 Å². The summed E-state index contributed by atoms with van der Waals surface area (Å²) in [6.07, 6.45) is 5.46. The van der Waals surface area contributed by atoms with Crippen molar-refractivity contribution in [3.63, 3.8) is 0 Å². The predicted molar refractivity (Wildman–Crippen MR) is 80.3 cm³/mol. The van der Waals surface area contributed by atoms with Crippen LogP contribution in [0.1, 0.15) is 41.6 Å². The second kappa shape index (κ2) is 5.44. The smallest absolute Gasteiger partial charge is 0.251 e. The number of hydrazine groups is 1. The molecule has 1 aromatic carbocycles. The first kappa shape index (κ1) is 13.4. The first-order chi connectivity index (χ1) is 9.67. The van der Waals surface area contributed by atoms with Crippen molar-refractivity contribution >= 4 is 11.6 Å². The number of carbonyl (C=O) groups is 1. The van der Waals surface area contributed by atoms with E-state index in [1.54, 1.807) is 0 Å². The highest BCUT2D eigenvalue weighted by Gasteiger charge is 2.39. The van der Waals surface area contributed by atoms with Gasteiger partial charge in [0.05, 0.1) is 0 Å². The molecule has 4 nitrogen and oxygen atoms in total. The molecular formula is C16H23N3O. The van der Waals surface area contributed by atoms with Gasteiger partial charge in [0, 0.05) is 17.8 Å². The van der Waals surface area contributed by atoms with E-state index in [0.717, 1.165) is 35.2 Å². The molecule has 0 aromatic heterocycles. The number of anilines is 1. The number of rotatable bonds is 4. The van der Waals surface area contributed by atoms with Crippen molar-refractivity contribution in [1.82, 2.24) is 5.32 Å². The molecule has 0 saturated heterocycles. The van der Waals surface area contributed by atoms with Gasteiger partial charge in [-0.3, -0.25) is 10.6 Å². The third kappa shape index (κ3) is 2.52. The fourth-order valence-electron chi connectivity index (χ4n) is 3.95. The standard InChI is InChI=1S/C16H23N3O/c1-10-6-14(19-17)4-5-15(10)16(20)18-9-13-8-11-2-3-12(13)7-11/h4-6,11-13,19H,2-3,7-9,17H2,1H3,(H,18,20). The van der Waals surface area contributed by atoms with Crippen molar-refractivity contribution in [2.75, 3.05) is 12.0 Å². The van der Waals surface area contributed by atoms with E-state index in [1.165, 1.54) is 25.7 Å². The van der Waals surface area contributed by atoms with Crippen LogP contribution in [0.3, 0.4) is 0 Å². The molecule has 2 saturated carbocycles. The van der Waals surface area contributed by atoms with Crippen LogP contribution in [0, 0.1) is 24.7 Å². The molecule has 0 heterocycles. The van der Waals surface area contributed by atoms with Gasteiger partial charge in [-0.1, -0.05) is 6.42 Å². The average Bonchev–Trinajstić information content (AvgIpc) is 3.07. The minimum atomic E-state index is 0.0360. The monoisotopic (exact) mass is 273 g/mol. The molecule has 2 aliphatic rings. The molecule has 4 N–H and O–H groups in total. The number of hydrogen-bond acceptors (Lipinski definition) is 3. The maximum absolute atomic E-state index is 12.3. The molecule has 0 spiro atoms. The van der Waals surface area contributed by atoms with Crippen LogP contribution in [-0.4, -0.2) is 12.5 Å². The Labute approximate surface area is 120 Å². The van der Waals surface area contributed by atoms with Gasteiger partial charge in [0.2, 0.25) is 0 Å². The summed E-state index contributed by atoms with van der Waals surface area (Å²) >= 11 is 0. The van der Waals surface area contributed by atoms with Crippen LogP contribution >= 0.6 is 0 Å². The Hall–Kier alpha value is -1.55. The van der Waals surface area contributed by atoms with Crippen molar-refractivity contribution in [2.24, 2.45) is 23.6 Å². The van der Waals surface area contributed by atoms with Gasteiger partial charge < -0.3 is 10.7 Å². The van der Waals surface area contributed by atoms with Gasteiger partial charge >= 0.3 is 0 Å². The SMILES string of the molecule is Cc1cc(NN)ccc1C(=O)NCC1CC2CCC1C2. The molecule has 0 aliphatic heterocycles. The summed E-state index contributed by atoms with van der Waals surface area (Å²) in [6.45, 7) is 2.77. The highest BCUT2D eigenvalue weighted by Crippen LogP contribution is 2.47. The Morgan fingerprint density at radius 2 is 2.20 bits per heavy atom. The molecule has 4 heteroatoms. The zero-order valence-corrected chi connectivity index (χ0v) is 12.0. The fraction of sp³-hybridized carbons (Fsp3) is 0.562. The van der Waals surface area contributed by atoms with E-state index < -0.39 is 0 Å². The van der Waals surface area contributed by atoms with Crippen LogP contribution in [0.4, 0.5) is 5.69 Å². The van der Waals surface area contributed by atoms with Crippen LogP contribution in [0.15, 0.2) is 18.2 Å². The van der Waals surface area contributed by atoms with Gasteiger partial charge in [-0.15, -0.1) is 0 Å². The summed E-state index contributed by atoms with van der Waals surface area (Å²) in [5.74, 6) is 7.88. The average molecular weight is 273 g/mol. The van der Waals surface area contributed by atoms with E-state index >= 15 is 0 Å². The number of nitrogens with two attached hydrogens (primary N) is 1. The maximum Gasteiger partial charge on any atom is 0.251 e. The van der Waals surface area contributed by atoms with Crippen molar-refractivity contribution in [3.8, 4) is 0 Å². The van der Waals surface area contributed by atoms with Crippen molar-refractivity contribution in [2.45, 2.75) is 32.6 Å². The number of benzene rings is 1. The summed E-state index contributed by atoms with van der Waals surface area (Å²) in [4.78, 5) is 12.3. The third-order valence-electron chi connectivity index (χ3n) is 5.05. The number of hydrogen-bond donors (Lipinski definition) is 3. The topological polar surface area (TPSA) is 67.1 Å². The minimum absolute atomic E-state index is 0.0360. The molecule has 0 radical (unpaired) electrons. The lowest BCUT2D eigenvalue weighted by atomic mass is 9.89. The Morgan fingerprint density at radius 3 is 2.80 bits per heavy atom. The molecule has 3 atom stereocenters. The summed E-state index contributed by atoms with van der Waals surface area (Å²) < 4.78 is 0. The minimum Gasteiger partial charge on any atom is -0.352 e. The quantitative estimate of drug-likeness (QED) is 0.583. The normalized spacial score (nSPS) is 27.6. The first-order valence-corrected chi connectivity index (χ1v) is 7.53. The molecule has 1 amide bonds. The van der Waals surface area contributed by atoms with Gasteiger partial charge in [-0.05, 0) is 67.7 Å². The zero-order chi connectivity index (χ0) is 14.1. The van der Waals surface area contributed by atoms with E-state index in [4.69, 9.17) is 5.84 Å². The number of aryl methyl sites for hydroxylation is 1. The van der Waals surface area contributed by atoms with Crippen LogP contribution in [0.5, 0.6) is 0 Å². The molecule has 2 fully saturated rings. The van der Waals surface area contributed by atoms with E-state index in [0.29, 0.717) is 5.92 Å². The maximum atomic E-state index is 12.3. The number of carbonyl (C=O) groups excluding carboxylic acids is 1. The summed E-state index contributed by atoms with van der Waals surface area (Å²) in [5, 5.41) is 3.11. The van der Waals surface area contributed by atoms with Crippen molar-refractivity contribution < 1.29 is 4.79 Å². The summed E-state index contributed by atoms with van der Waals surface area (Å²) in [5.41, 5.74) is 5.12. The Kier molecular flexibility index (Phi) is 3.66. The molecule has 3 rings (SSSR count). The van der Waals surface area contributed by atoms with Gasteiger partial charge in [0.1, 0.15) is 0 Å². The largest absolute Gasteiger partial charge is 0.352 e. The lowest BCUT2D eigenvalue weighted by molar-refractivity contribution is 0.0941. The van der Waals surface area contributed by atoms with E-state index in [1.807, 2.05) is 25.1 Å². The second-order valence-electron chi connectivity index (χ2n) is 6.32. The first-order valence-electron chi connectivity index (χ1n) is 7.53. The van der Waals surface area contributed by atoms with E-state index in [-0.39, 0.29) is 5.91 Å². The number of amides is 1. The lowest BCUT2D eigenvalue weighted by Crippen LogP contribution is -2.32. The van der Waals surface area contributed by atoms with E-state index in [2.05, 4.69) is 10.7 Å². The lowest BCUT2D eigenvalue weighted by Gasteiger charge is -2.22. The van der Waals surface area contributed by atoms with Gasteiger partial charge in [0.25, 0.3) is 5.91 Å². The molecule has 2 aliphatic carbocycles.